The van der Waals surface area contributed by atoms with Crippen molar-refractivity contribution in [3.63, 3.8) is 0 Å². The first kappa shape index (κ1) is 17.7. The summed E-state index contributed by atoms with van der Waals surface area (Å²) in [4.78, 5) is 17.1. The van der Waals surface area contributed by atoms with Gasteiger partial charge in [-0.15, -0.1) is 0 Å². The summed E-state index contributed by atoms with van der Waals surface area (Å²) in [5, 5.41) is 10.4. The second kappa shape index (κ2) is 7.43. The van der Waals surface area contributed by atoms with Gasteiger partial charge in [0.05, 0.1) is 17.1 Å². The van der Waals surface area contributed by atoms with Crippen LogP contribution in [0.15, 0.2) is 42.7 Å². The number of urea groups is 1. The Labute approximate surface area is 153 Å². The fourth-order valence-corrected chi connectivity index (χ4v) is 3.06. The van der Waals surface area contributed by atoms with Gasteiger partial charge in [0, 0.05) is 26.0 Å². The molecular formula is C19H24N6O. The SMILES string of the molecule is CCn1nc(C)c(NC(=O)NC(c2ccccc2)c2nccn2C)c1C. The lowest BCUT2D eigenvalue weighted by Crippen LogP contribution is -2.34. The number of rotatable bonds is 5. The van der Waals surface area contributed by atoms with Crippen LogP contribution >= 0.6 is 0 Å². The Morgan fingerprint density at radius 1 is 1.23 bits per heavy atom. The van der Waals surface area contributed by atoms with E-state index in [9.17, 15) is 4.79 Å². The Hall–Kier alpha value is -3.09. The number of nitrogens with zero attached hydrogens (tertiary/aromatic N) is 4. The minimum absolute atomic E-state index is 0.288. The van der Waals surface area contributed by atoms with E-state index in [-0.39, 0.29) is 12.1 Å². The average Bonchev–Trinajstić information content (AvgIpc) is 3.18. The third-order valence-electron chi connectivity index (χ3n) is 4.44. The number of carbonyl (C=O) groups is 1. The molecule has 7 nitrogen and oxygen atoms in total. The molecule has 1 aromatic carbocycles. The fourth-order valence-electron chi connectivity index (χ4n) is 3.06. The van der Waals surface area contributed by atoms with E-state index >= 15 is 0 Å². The standard InChI is InChI=1S/C19H24N6O/c1-5-25-14(3)16(13(2)23-25)21-19(26)22-17(15-9-7-6-8-10-15)18-20-11-12-24(18)4/h6-12,17H,5H2,1-4H3,(H2,21,22,26). The van der Waals surface area contributed by atoms with E-state index in [0.29, 0.717) is 0 Å². The average molecular weight is 352 g/mol. The van der Waals surface area contributed by atoms with Crippen LogP contribution in [-0.4, -0.2) is 25.4 Å². The van der Waals surface area contributed by atoms with Gasteiger partial charge in [-0.2, -0.15) is 5.10 Å². The number of amides is 2. The molecule has 0 spiro atoms. The first-order valence-electron chi connectivity index (χ1n) is 8.65. The van der Waals surface area contributed by atoms with E-state index in [1.165, 1.54) is 0 Å². The molecule has 136 valence electrons. The van der Waals surface area contributed by atoms with Crippen LogP contribution in [-0.2, 0) is 13.6 Å². The van der Waals surface area contributed by atoms with Crippen molar-refractivity contribution in [2.75, 3.05) is 5.32 Å². The van der Waals surface area contributed by atoms with Crippen molar-refractivity contribution in [3.05, 3.63) is 65.5 Å². The highest BCUT2D eigenvalue weighted by Gasteiger charge is 2.22. The molecule has 2 amide bonds. The van der Waals surface area contributed by atoms with Crippen molar-refractivity contribution < 1.29 is 4.79 Å². The number of carbonyl (C=O) groups excluding carboxylic acids is 1. The molecule has 3 aromatic rings. The molecule has 0 saturated heterocycles. The minimum atomic E-state index is -0.349. The Kier molecular flexibility index (Phi) is 5.06. The molecule has 2 aromatic heterocycles. The van der Waals surface area contributed by atoms with Gasteiger partial charge >= 0.3 is 6.03 Å². The lowest BCUT2D eigenvalue weighted by Gasteiger charge is -2.19. The maximum Gasteiger partial charge on any atom is 0.320 e. The minimum Gasteiger partial charge on any atom is -0.336 e. The molecule has 0 aliphatic carbocycles. The molecule has 3 rings (SSSR count). The smallest absolute Gasteiger partial charge is 0.320 e. The van der Waals surface area contributed by atoms with Crippen LogP contribution in [0.25, 0.3) is 0 Å². The maximum absolute atomic E-state index is 12.7. The molecular weight excluding hydrogens is 328 g/mol. The van der Waals surface area contributed by atoms with Gasteiger partial charge in [0.1, 0.15) is 11.9 Å². The molecule has 0 saturated carbocycles. The molecule has 0 radical (unpaired) electrons. The van der Waals surface area contributed by atoms with Gasteiger partial charge in [0.2, 0.25) is 0 Å². The first-order valence-corrected chi connectivity index (χ1v) is 8.65. The zero-order chi connectivity index (χ0) is 18.7. The normalized spacial score (nSPS) is 12.0. The van der Waals surface area contributed by atoms with Crippen LogP contribution in [0.1, 0.15) is 35.7 Å². The third-order valence-corrected chi connectivity index (χ3v) is 4.44. The summed E-state index contributed by atoms with van der Waals surface area (Å²) in [6.07, 6.45) is 3.59. The number of anilines is 1. The number of hydrogen-bond acceptors (Lipinski definition) is 3. The summed E-state index contributed by atoms with van der Waals surface area (Å²) in [7, 11) is 1.91. The Bertz CT molecular complexity index is 896. The van der Waals surface area contributed by atoms with E-state index < -0.39 is 0 Å². The summed E-state index contributed by atoms with van der Waals surface area (Å²) in [5.41, 5.74) is 3.45. The first-order chi connectivity index (χ1) is 12.5. The van der Waals surface area contributed by atoms with Crippen LogP contribution < -0.4 is 10.6 Å². The van der Waals surface area contributed by atoms with Crippen molar-refractivity contribution in [3.8, 4) is 0 Å². The fraction of sp³-hybridized carbons (Fsp3) is 0.316. The van der Waals surface area contributed by atoms with E-state index in [4.69, 9.17) is 0 Å². The van der Waals surface area contributed by atoms with Crippen LogP contribution in [0.4, 0.5) is 10.5 Å². The number of aryl methyl sites for hydroxylation is 3. The van der Waals surface area contributed by atoms with Crippen LogP contribution in [0.5, 0.6) is 0 Å². The summed E-state index contributed by atoms with van der Waals surface area (Å²) in [6, 6.07) is 9.16. The molecule has 7 heteroatoms. The predicted molar refractivity (Wildman–Crippen MR) is 101 cm³/mol. The molecule has 0 aliphatic heterocycles. The second-order valence-electron chi connectivity index (χ2n) is 6.20. The molecule has 2 heterocycles. The van der Waals surface area contributed by atoms with Crippen molar-refractivity contribution in [2.24, 2.45) is 7.05 Å². The van der Waals surface area contributed by atoms with E-state index in [1.807, 2.05) is 73.6 Å². The number of hydrogen-bond donors (Lipinski definition) is 2. The molecule has 2 N–H and O–H groups in total. The highest BCUT2D eigenvalue weighted by molar-refractivity contribution is 5.91. The number of imidazole rings is 1. The molecule has 26 heavy (non-hydrogen) atoms. The van der Waals surface area contributed by atoms with Crippen molar-refractivity contribution >= 4 is 11.7 Å². The van der Waals surface area contributed by atoms with Gasteiger partial charge in [-0.1, -0.05) is 30.3 Å². The zero-order valence-corrected chi connectivity index (χ0v) is 15.5. The van der Waals surface area contributed by atoms with E-state index in [0.717, 1.165) is 35.0 Å². The predicted octanol–water partition coefficient (Wildman–Crippen LogP) is 3.16. The number of aromatic nitrogens is 4. The molecule has 1 atom stereocenters. The highest BCUT2D eigenvalue weighted by Crippen LogP contribution is 2.22. The Morgan fingerprint density at radius 3 is 2.54 bits per heavy atom. The molecule has 0 aliphatic rings. The van der Waals surface area contributed by atoms with Gasteiger partial charge in [0.15, 0.2) is 0 Å². The molecule has 1 unspecified atom stereocenters. The number of benzene rings is 1. The zero-order valence-electron chi connectivity index (χ0n) is 15.5. The third kappa shape index (κ3) is 3.46. The maximum atomic E-state index is 12.7. The quantitative estimate of drug-likeness (QED) is 0.740. The molecule has 0 fully saturated rings. The van der Waals surface area contributed by atoms with Crippen LogP contribution in [0.3, 0.4) is 0 Å². The monoisotopic (exact) mass is 352 g/mol. The summed E-state index contributed by atoms with van der Waals surface area (Å²) in [5.74, 6) is 0.768. The number of nitrogens with one attached hydrogen (secondary N) is 2. The lowest BCUT2D eigenvalue weighted by atomic mass is 10.1. The van der Waals surface area contributed by atoms with Crippen LogP contribution in [0, 0.1) is 13.8 Å². The van der Waals surface area contributed by atoms with Crippen LogP contribution in [0.2, 0.25) is 0 Å². The lowest BCUT2D eigenvalue weighted by molar-refractivity contribution is 0.249. The van der Waals surface area contributed by atoms with Gasteiger partial charge in [-0.05, 0) is 26.3 Å². The summed E-state index contributed by atoms with van der Waals surface area (Å²) in [6.45, 7) is 6.63. The van der Waals surface area contributed by atoms with Gasteiger partial charge in [0.25, 0.3) is 0 Å². The van der Waals surface area contributed by atoms with Crippen molar-refractivity contribution in [1.29, 1.82) is 0 Å². The Balaban J connectivity index is 1.85. The largest absolute Gasteiger partial charge is 0.336 e. The second-order valence-corrected chi connectivity index (χ2v) is 6.20. The van der Waals surface area contributed by atoms with Gasteiger partial charge in [-0.3, -0.25) is 4.68 Å². The summed E-state index contributed by atoms with van der Waals surface area (Å²) < 4.78 is 3.78. The van der Waals surface area contributed by atoms with Gasteiger partial charge < -0.3 is 15.2 Å². The van der Waals surface area contributed by atoms with E-state index in [2.05, 4.69) is 20.7 Å². The van der Waals surface area contributed by atoms with Crippen molar-refractivity contribution in [1.82, 2.24) is 24.6 Å². The van der Waals surface area contributed by atoms with Crippen molar-refractivity contribution in [2.45, 2.75) is 33.4 Å². The van der Waals surface area contributed by atoms with Gasteiger partial charge in [-0.25, -0.2) is 9.78 Å². The highest BCUT2D eigenvalue weighted by atomic mass is 16.2. The molecule has 0 bridgehead atoms. The summed E-state index contributed by atoms with van der Waals surface area (Å²) >= 11 is 0. The Morgan fingerprint density at radius 2 is 1.96 bits per heavy atom. The topological polar surface area (TPSA) is 76.8 Å². The van der Waals surface area contributed by atoms with E-state index in [1.54, 1.807) is 6.20 Å².